The highest BCUT2D eigenvalue weighted by atomic mass is 16.5. The molecule has 1 fully saturated rings. The van der Waals surface area contributed by atoms with Gasteiger partial charge in [-0.2, -0.15) is 0 Å². The van der Waals surface area contributed by atoms with Crippen LogP contribution in [0.2, 0.25) is 0 Å². The van der Waals surface area contributed by atoms with Crippen LogP contribution in [-0.2, 0) is 4.74 Å². The van der Waals surface area contributed by atoms with E-state index >= 15 is 0 Å². The minimum absolute atomic E-state index is 0.483. The van der Waals surface area contributed by atoms with Crippen molar-refractivity contribution in [2.75, 3.05) is 13.2 Å². The van der Waals surface area contributed by atoms with Gasteiger partial charge in [-0.05, 0) is 19.8 Å². The van der Waals surface area contributed by atoms with E-state index in [-0.39, 0.29) is 0 Å². The van der Waals surface area contributed by atoms with Crippen LogP contribution in [0.25, 0.3) is 0 Å². The maximum atomic E-state index is 5.52. The molecular weight excluding hydrogens is 138 g/mol. The van der Waals surface area contributed by atoms with Crippen molar-refractivity contribution >= 4 is 0 Å². The molecule has 0 aromatic rings. The van der Waals surface area contributed by atoms with Gasteiger partial charge in [0.25, 0.3) is 0 Å². The lowest BCUT2D eigenvalue weighted by Gasteiger charge is -2.08. The van der Waals surface area contributed by atoms with Crippen LogP contribution in [0.3, 0.4) is 0 Å². The Labute approximate surface area is 69.3 Å². The monoisotopic (exact) mass is 157 g/mol. The fourth-order valence-electron chi connectivity index (χ4n) is 1.71. The zero-order valence-electron chi connectivity index (χ0n) is 7.60. The van der Waals surface area contributed by atoms with E-state index < -0.39 is 0 Å². The molecule has 0 aliphatic carbocycles. The summed E-state index contributed by atoms with van der Waals surface area (Å²) in [5, 5.41) is 3.47. The van der Waals surface area contributed by atoms with E-state index in [1.54, 1.807) is 0 Å². The van der Waals surface area contributed by atoms with E-state index in [4.69, 9.17) is 4.74 Å². The number of nitrogens with one attached hydrogen (secondary N) is 1. The number of ether oxygens (including phenoxy) is 1. The third-order valence-corrected chi connectivity index (χ3v) is 2.22. The Balaban J connectivity index is 2.12. The first kappa shape index (κ1) is 9.01. The lowest BCUT2D eigenvalue weighted by atomic mass is 10.1. The third kappa shape index (κ3) is 2.80. The third-order valence-electron chi connectivity index (χ3n) is 2.22. The molecule has 66 valence electrons. The van der Waals surface area contributed by atoms with Crippen molar-refractivity contribution in [3.05, 3.63) is 0 Å². The largest absolute Gasteiger partial charge is 0.377 e. The maximum Gasteiger partial charge on any atom is 0.0714 e. The minimum Gasteiger partial charge on any atom is -0.377 e. The Morgan fingerprint density at radius 2 is 2.27 bits per heavy atom. The molecule has 1 rings (SSSR count). The first-order valence-electron chi connectivity index (χ1n) is 4.71. The summed E-state index contributed by atoms with van der Waals surface area (Å²) in [6, 6.07) is 0.719. The zero-order valence-corrected chi connectivity index (χ0v) is 7.60. The molecule has 0 radical (unpaired) electrons. The summed E-state index contributed by atoms with van der Waals surface area (Å²) in [5.74, 6) is 0. The molecule has 0 bridgehead atoms. The second kappa shape index (κ2) is 4.73. The average Bonchev–Trinajstić information content (AvgIpc) is 2.38. The summed E-state index contributed by atoms with van der Waals surface area (Å²) in [7, 11) is 0. The quantitative estimate of drug-likeness (QED) is 0.668. The standard InChI is InChI=1S/C9H19NO/c1-3-5-8-6-9(7-10-8)11-4-2/h8-10H,3-7H2,1-2H3/t8-,9-/m0/s1. The molecule has 1 N–H and O–H groups in total. The molecule has 1 aliphatic heterocycles. The summed E-state index contributed by atoms with van der Waals surface area (Å²) in [6.07, 6.45) is 4.26. The van der Waals surface area contributed by atoms with Crippen molar-refractivity contribution < 1.29 is 4.74 Å². The van der Waals surface area contributed by atoms with Crippen LogP contribution in [0.15, 0.2) is 0 Å². The fourth-order valence-corrected chi connectivity index (χ4v) is 1.71. The van der Waals surface area contributed by atoms with Gasteiger partial charge in [-0.25, -0.2) is 0 Å². The highest BCUT2D eigenvalue weighted by molar-refractivity contribution is 4.81. The Hall–Kier alpha value is -0.0800. The van der Waals surface area contributed by atoms with Crippen LogP contribution >= 0.6 is 0 Å². The van der Waals surface area contributed by atoms with Gasteiger partial charge in [-0.15, -0.1) is 0 Å². The molecule has 0 unspecified atom stereocenters. The lowest BCUT2D eigenvalue weighted by Crippen LogP contribution is -2.21. The van der Waals surface area contributed by atoms with E-state index in [0.717, 1.165) is 19.2 Å². The topological polar surface area (TPSA) is 21.3 Å². The Morgan fingerprint density at radius 1 is 1.45 bits per heavy atom. The Kier molecular flexibility index (Phi) is 3.87. The molecule has 0 spiro atoms. The summed E-state index contributed by atoms with van der Waals surface area (Å²) >= 11 is 0. The van der Waals surface area contributed by atoms with Gasteiger partial charge in [0, 0.05) is 19.2 Å². The van der Waals surface area contributed by atoms with Crippen LogP contribution in [0.1, 0.15) is 33.1 Å². The summed E-state index contributed by atoms with van der Waals surface area (Å²) in [4.78, 5) is 0. The van der Waals surface area contributed by atoms with Crippen LogP contribution in [0.4, 0.5) is 0 Å². The van der Waals surface area contributed by atoms with Crippen molar-refractivity contribution in [3.8, 4) is 0 Å². The smallest absolute Gasteiger partial charge is 0.0714 e. The summed E-state index contributed by atoms with van der Waals surface area (Å²) in [5.41, 5.74) is 0. The van der Waals surface area contributed by atoms with Gasteiger partial charge in [0.15, 0.2) is 0 Å². The minimum atomic E-state index is 0.483. The molecule has 0 saturated carbocycles. The number of hydrogen-bond donors (Lipinski definition) is 1. The van der Waals surface area contributed by atoms with E-state index in [9.17, 15) is 0 Å². The Morgan fingerprint density at radius 3 is 2.91 bits per heavy atom. The first-order valence-corrected chi connectivity index (χ1v) is 4.71. The zero-order chi connectivity index (χ0) is 8.10. The van der Waals surface area contributed by atoms with E-state index in [2.05, 4.69) is 19.2 Å². The molecule has 1 heterocycles. The van der Waals surface area contributed by atoms with Crippen LogP contribution in [0.5, 0.6) is 0 Å². The molecule has 0 aromatic carbocycles. The van der Waals surface area contributed by atoms with Crippen molar-refractivity contribution in [2.24, 2.45) is 0 Å². The SMILES string of the molecule is CCC[C@H]1C[C@H](OCC)CN1. The van der Waals surface area contributed by atoms with Gasteiger partial charge in [0.1, 0.15) is 0 Å². The molecular formula is C9H19NO. The normalized spacial score (nSPS) is 31.1. The van der Waals surface area contributed by atoms with E-state index in [0.29, 0.717) is 6.10 Å². The van der Waals surface area contributed by atoms with Gasteiger partial charge in [0.2, 0.25) is 0 Å². The molecule has 1 saturated heterocycles. The second-order valence-electron chi connectivity index (χ2n) is 3.21. The van der Waals surface area contributed by atoms with Gasteiger partial charge in [-0.1, -0.05) is 13.3 Å². The highest BCUT2D eigenvalue weighted by Gasteiger charge is 2.22. The summed E-state index contributed by atoms with van der Waals surface area (Å²) in [6.45, 7) is 6.20. The van der Waals surface area contributed by atoms with Crippen molar-refractivity contribution in [3.63, 3.8) is 0 Å². The van der Waals surface area contributed by atoms with Gasteiger partial charge in [0.05, 0.1) is 6.10 Å². The molecule has 1 aliphatic rings. The highest BCUT2D eigenvalue weighted by Crippen LogP contribution is 2.13. The second-order valence-corrected chi connectivity index (χ2v) is 3.21. The van der Waals surface area contributed by atoms with Crippen LogP contribution in [0, 0.1) is 0 Å². The van der Waals surface area contributed by atoms with Gasteiger partial charge >= 0.3 is 0 Å². The predicted molar refractivity (Wildman–Crippen MR) is 46.7 cm³/mol. The molecule has 2 nitrogen and oxygen atoms in total. The first-order chi connectivity index (χ1) is 5.36. The van der Waals surface area contributed by atoms with Gasteiger partial charge in [-0.3, -0.25) is 0 Å². The van der Waals surface area contributed by atoms with Gasteiger partial charge < -0.3 is 10.1 Å². The molecule has 0 amide bonds. The number of hydrogen-bond acceptors (Lipinski definition) is 2. The maximum absolute atomic E-state index is 5.52. The predicted octanol–water partition coefficient (Wildman–Crippen LogP) is 1.55. The summed E-state index contributed by atoms with van der Waals surface area (Å²) < 4.78 is 5.52. The van der Waals surface area contributed by atoms with E-state index in [1.807, 2.05) is 0 Å². The molecule has 0 aromatic heterocycles. The average molecular weight is 157 g/mol. The molecule has 2 atom stereocenters. The van der Waals surface area contributed by atoms with Crippen molar-refractivity contribution in [1.82, 2.24) is 5.32 Å². The molecule has 11 heavy (non-hydrogen) atoms. The fraction of sp³-hybridized carbons (Fsp3) is 1.00. The van der Waals surface area contributed by atoms with Crippen LogP contribution in [-0.4, -0.2) is 25.3 Å². The molecule has 2 heteroatoms. The van der Waals surface area contributed by atoms with Crippen molar-refractivity contribution in [1.29, 1.82) is 0 Å². The van der Waals surface area contributed by atoms with E-state index in [1.165, 1.54) is 19.3 Å². The van der Waals surface area contributed by atoms with Crippen LogP contribution < -0.4 is 5.32 Å². The lowest BCUT2D eigenvalue weighted by molar-refractivity contribution is 0.0755. The van der Waals surface area contributed by atoms with Crippen molar-refractivity contribution in [2.45, 2.75) is 45.3 Å². The number of rotatable bonds is 4. The Bertz CT molecular complexity index is 93.7.